The van der Waals surface area contributed by atoms with Crippen LogP contribution < -0.4 is 24.0 Å². The van der Waals surface area contributed by atoms with Crippen LogP contribution in [0.15, 0.2) is 0 Å². The third-order valence-corrected chi connectivity index (χ3v) is 3.68. The summed E-state index contributed by atoms with van der Waals surface area (Å²) in [6.07, 6.45) is 15.2. The molecule has 0 aromatic rings. The summed E-state index contributed by atoms with van der Waals surface area (Å²) in [4.78, 5) is 0. The molecule has 4 heteroatoms. The van der Waals surface area contributed by atoms with E-state index in [1.54, 1.807) is 0 Å². The molecule has 0 N–H and O–H groups in total. The Bertz CT molecular complexity index is 182. The Morgan fingerprint density at radius 3 is 2.00 bits per heavy atom. The maximum absolute atomic E-state index is 5.49. The molecule has 0 aromatic heterocycles. The fraction of sp³-hybridized carbons (Fsp3) is 0.944. The number of unbranched alkanes of at least 4 members (excludes halogenated alkanes) is 6. The van der Waals surface area contributed by atoms with Crippen molar-refractivity contribution < 1.29 is 33.5 Å². The molecule has 0 amide bonds. The van der Waals surface area contributed by atoms with Crippen LogP contribution in [0.4, 0.5) is 0 Å². The number of rotatable bonds is 16. The maximum atomic E-state index is 5.49. The minimum absolute atomic E-state index is 0. The van der Waals surface area contributed by atoms with Crippen molar-refractivity contribution in [3.63, 3.8) is 0 Å². The fourth-order valence-electron chi connectivity index (χ4n) is 2.39. The molecule has 0 radical (unpaired) electrons. The van der Waals surface area contributed by atoms with Crippen LogP contribution in [-0.4, -0.2) is 43.1 Å². The van der Waals surface area contributed by atoms with Gasteiger partial charge in [-0.15, -0.1) is 0 Å². The van der Waals surface area contributed by atoms with Crippen LogP contribution in [0.5, 0.6) is 0 Å². The van der Waals surface area contributed by atoms with Gasteiger partial charge in [-0.2, -0.15) is 13.3 Å². The van der Waals surface area contributed by atoms with Crippen molar-refractivity contribution in [1.29, 1.82) is 0 Å². The Morgan fingerprint density at radius 1 is 0.864 bits per heavy atom. The molecule has 2 nitrogen and oxygen atoms in total. The molecule has 0 saturated carbocycles. The Morgan fingerprint density at radius 2 is 1.41 bits per heavy atom. The second kappa shape index (κ2) is 24.7. The van der Waals surface area contributed by atoms with E-state index < -0.39 is 0 Å². The largest absolute Gasteiger partial charge is 2.00 e. The van der Waals surface area contributed by atoms with Crippen LogP contribution in [0.2, 0.25) is 0 Å². The van der Waals surface area contributed by atoms with Gasteiger partial charge in [-0.25, -0.2) is 0 Å². The zero-order chi connectivity index (χ0) is 14.9. The van der Waals surface area contributed by atoms with Crippen LogP contribution >= 0.6 is 0 Å². The second-order valence-electron chi connectivity index (χ2n) is 5.95. The van der Waals surface area contributed by atoms with Crippen molar-refractivity contribution in [2.24, 2.45) is 5.92 Å². The first-order valence-corrected chi connectivity index (χ1v) is 8.74. The first-order chi connectivity index (χ1) is 9.81. The molecular formula is C18H37IMgO2. The van der Waals surface area contributed by atoms with Gasteiger partial charge >= 0.3 is 23.1 Å². The van der Waals surface area contributed by atoms with E-state index in [-0.39, 0.29) is 47.0 Å². The van der Waals surface area contributed by atoms with E-state index in [4.69, 9.17) is 9.47 Å². The van der Waals surface area contributed by atoms with E-state index >= 15 is 0 Å². The first kappa shape index (κ1) is 28.2. The van der Waals surface area contributed by atoms with Crippen molar-refractivity contribution >= 4 is 23.1 Å². The normalized spacial score (nSPS) is 11.6. The third-order valence-electron chi connectivity index (χ3n) is 3.68. The topological polar surface area (TPSA) is 18.5 Å². The van der Waals surface area contributed by atoms with Crippen LogP contribution in [0.1, 0.15) is 85.0 Å². The number of hydrogen-bond donors (Lipinski definition) is 0. The van der Waals surface area contributed by atoms with Gasteiger partial charge in [0.05, 0.1) is 0 Å². The molecule has 0 rings (SSSR count). The molecule has 0 heterocycles. The van der Waals surface area contributed by atoms with E-state index in [1.807, 2.05) is 0 Å². The summed E-state index contributed by atoms with van der Waals surface area (Å²) in [5.74, 6) is 0.789. The minimum Gasteiger partial charge on any atom is -1.00 e. The molecule has 0 aliphatic heterocycles. The Balaban J connectivity index is -0.00000180. The molecule has 0 aromatic carbocycles. The smallest absolute Gasteiger partial charge is 1.00 e. The number of ether oxygens (including phenoxy) is 2. The third kappa shape index (κ3) is 23.7. The monoisotopic (exact) mass is 436 g/mol. The summed E-state index contributed by atoms with van der Waals surface area (Å²) in [5, 5.41) is 0. The van der Waals surface area contributed by atoms with Gasteiger partial charge in [0, 0.05) is 13.2 Å². The average molecular weight is 437 g/mol. The molecule has 1 unspecified atom stereocenters. The van der Waals surface area contributed by atoms with Crippen LogP contribution in [0.25, 0.3) is 0 Å². The second-order valence-corrected chi connectivity index (χ2v) is 5.95. The zero-order valence-electron chi connectivity index (χ0n) is 15.2. The van der Waals surface area contributed by atoms with Crippen molar-refractivity contribution in [3.8, 4) is 0 Å². The molecular weight excluding hydrogens is 399 g/mol. The van der Waals surface area contributed by atoms with Gasteiger partial charge in [-0.3, -0.25) is 0 Å². The Labute approximate surface area is 173 Å². The van der Waals surface area contributed by atoms with Crippen molar-refractivity contribution in [3.05, 3.63) is 6.42 Å². The molecule has 0 bridgehead atoms. The summed E-state index contributed by atoms with van der Waals surface area (Å²) >= 11 is 0. The number of halogens is 1. The van der Waals surface area contributed by atoms with E-state index in [0.29, 0.717) is 6.79 Å². The first-order valence-electron chi connectivity index (χ1n) is 8.74. The molecule has 1 atom stereocenters. The fourth-order valence-corrected chi connectivity index (χ4v) is 2.39. The molecule has 130 valence electrons. The summed E-state index contributed by atoms with van der Waals surface area (Å²) in [6, 6.07) is 0. The number of hydrogen-bond acceptors (Lipinski definition) is 2. The molecule has 22 heavy (non-hydrogen) atoms. The molecule has 0 fully saturated rings. The molecule has 0 saturated heterocycles. The van der Waals surface area contributed by atoms with E-state index in [1.165, 1.54) is 57.8 Å². The predicted octanol–water partition coefficient (Wildman–Crippen LogP) is 2.38. The maximum Gasteiger partial charge on any atom is 2.00 e. The SMILES string of the molecule is C[CH-]CC(C)CCCOCOCCCCCCCCC.[I-].[Mg+2]. The van der Waals surface area contributed by atoms with Crippen LogP contribution in [0.3, 0.4) is 0 Å². The van der Waals surface area contributed by atoms with Gasteiger partial charge < -0.3 is 39.9 Å². The summed E-state index contributed by atoms with van der Waals surface area (Å²) in [7, 11) is 0. The van der Waals surface area contributed by atoms with E-state index in [0.717, 1.165) is 25.6 Å². The minimum atomic E-state index is 0. The van der Waals surface area contributed by atoms with Crippen LogP contribution in [-0.2, 0) is 9.47 Å². The molecule has 0 aliphatic rings. The average Bonchev–Trinajstić information content (AvgIpc) is 2.44. The Hall–Kier alpha value is 1.42. The molecule has 0 aliphatic carbocycles. The van der Waals surface area contributed by atoms with Gasteiger partial charge in [0.2, 0.25) is 0 Å². The van der Waals surface area contributed by atoms with Crippen molar-refractivity contribution in [1.82, 2.24) is 0 Å². The summed E-state index contributed by atoms with van der Waals surface area (Å²) < 4.78 is 11.0. The van der Waals surface area contributed by atoms with Gasteiger partial charge in [0.25, 0.3) is 0 Å². The van der Waals surface area contributed by atoms with Crippen LogP contribution in [0, 0.1) is 12.3 Å². The quantitative estimate of drug-likeness (QED) is 0.122. The molecule has 0 spiro atoms. The van der Waals surface area contributed by atoms with Crippen molar-refractivity contribution in [2.75, 3.05) is 20.0 Å². The van der Waals surface area contributed by atoms with E-state index in [9.17, 15) is 0 Å². The van der Waals surface area contributed by atoms with Gasteiger partial charge in [-0.1, -0.05) is 64.7 Å². The van der Waals surface area contributed by atoms with Gasteiger partial charge in [0.1, 0.15) is 6.79 Å². The van der Waals surface area contributed by atoms with Crippen molar-refractivity contribution in [2.45, 2.75) is 85.0 Å². The summed E-state index contributed by atoms with van der Waals surface area (Å²) in [6.45, 7) is 8.86. The summed E-state index contributed by atoms with van der Waals surface area (Å²) in [5.41, 5.74) is 0. The standard InChI is InChI=1S/C18H37O2.HI.Mg/c1-4-6-7-8-9-10-11-15-19-17-20-16-12-14-18(3)13-5-2;;/h5,18H,4,6-17H2,1-3H3;1H;/q-1;;+2/p-1. The van der Waals surface area contributed by atoms with E-state index in [2.05, 4.69) is 27.2 Å². The van der Waals surface area contributed by atoms with Gasteiger partial charge in [0.15, 0.2) is 0 Å². The van der Waals surface area contributed by atoms with Gasteiger partial charge in [-0.05, 0) is 12.8 Å². The zero-order valence-corrected chi connectivity index (χ0v) is 18.8. The Kier molecular flexibility index (Phi) is 31.6. The predicted molar refractivity (Wildman–Crippen MR) is 93.5 cm³/mol.